The average molecular weight is 587 g/mol. The van der Waals surface area contributed by atoms with E-state index < -0.39 is 16.1 Å². The molecule has 4 N–H and O–H groups in total. The summed E-state index contributed by atoms with van der Waals surface area (Å²) in [4.78, 5) is 17.5. The van der Waals surface area contributed by atoms with E-state index in [0.717, 1.165) is 24.0 Å². The highest BCUT2D eigenvalue weighted by atomic mass is 32.2. The number of aromatic nitrogens is 2. The summed E-state index contributed by atoms with van der Waals surface area (Å²) in [7, 11) is -3.63. The Morgan fingerprint density at radius 3 is 2.22 bits per heavy atom. The predicted molar refractivity (Wildman–Crippen MR) is 163 cm³/mol. The van der Waals surface area contributed by atoms with Crippen LogP contribution in [0, 0.1) is 5.92 Å². The van der Waals surface area contributed by atoms with E-state index in [1.54, 1.807) is 22.5 Å². The number of fused-ring (bicyclic) bond motifs is 1. The monoisotopic (exact) mass is 586 g/mol. The highest BCUT2D eigenvalue weighted by molar-refractivity contribution is 7.89. The van der Waals surface area contributed by atoms with E-state index in [-0.39, 0.29) is 24.1 Å². The van der Waals surface area contributed by atoms with Crippen molar-refractivity contribution in [3.8, 4) is 5.75 Å². The molecule has 10 heteroatoms. The van der Waals surface area contributed by atoms with Crippen molar-refractivity contribution in [1.82, 2.24) is 19.6 Å². The molecular weight excluding hydrogens is 540 g/mol. The summed E-state index contributed by atoms with van der Waals surface area (Å²) < 4.78 is 35.5. The van der Waals surface area contributed by atoms with Gasteiger partial charge in [0.2, 0.25) is 10.0 Å². The number of nitrogens with zero attached hydrogens (tertiary/aromatic N) is 1. The third kappa shape index (κ3) is 7.23. The largest absolute Gasteiger partial charge is 0.489 e. The number of aliphatic hydroxyl groups is 1. The van der Waals surface area contributed by atoms with Crippen LogP contribution in [0.5, 0.6) is 5.75 Å². The lowest BCUT2D eigenvalue weighted by atomic mass is 9.89. The second-order valence-electron chi connectivity index (χ2n) is 12.2. The number of hydrogen-bond donors (Lipinski definition) is 4. The Labute approximate surface area is 243 Å². The van der Waals surface area contributed by atoms with Gasteiger partial charge in [-0.15, -0.1) is 0 Å². The number of piperidine rings is 1. The van der Waals surface area contributed by atoms with Crippen LogP contribution in [0.4, 0.5) is 0 Å². The third-order valence-electron chi connectivity index (χ3n) is 8.01. The molecule has 1 aliphatic heterocycles. The number of aliphatic hydroxyl groups excluding tert-OH is 1. The van der Waals surface area contributed by atoms with Crippen molar-refractivity contribution in [3.05, 3.63) is 57.5 Å². The number of rotatable bonds is 12. The Morgan fingerprint density at radius 1 is 1.00 bits per heavy atom. The molecule has 1 fully saturated rings. The first-order valence-electron chi connectivity index (χ1n) is 14.8. The molecule has 1 saturated heterocycles. The smallest absolute Gasteiger partial charge is 0.323 e. The van der Waals surface area contributed by atoms with Crippen molar-refractivity contribution < 1.29 is 18.3 Å². The molecule has 4 rings (SSSR count). The summed E-state index contributed by atoms with van der Waals surface area (Å²) >= 11 is 0. The number of aromatic amines is 2. The molecule has 2 aromatic carbocycles. The summed E-state index contributed by atoms with van der Waals surface area (Å²) in [5, 5.41) is 13.8. The van der Waals surface area contributed by atoms with Crippen LogP contribution in [-0.4, -0.2) is 66.7 Å². The zero-order valence-electron chi connectivity index (χ0n) is 25.2. The minimum absolute atomic E-state index is 0.0853. The van der Waals surface area contributed by atoms with Gasteiger partial charge in [-0.25, -0.2) is 13.2 Å². The Kier molecular flexibility index (Phi) is 10.00. The lowest BCUT2D eigenvalue weighted by Crippen LogP contribution is -2.42. The number of H-pyrrole nitrogens is 2. The second kappa shape index (κ2) is 13.1. The number of nitrogens with one attached hydrogen (secondary N) is 3. The second-order valence-corrected chi connectivity index (χ2v) is 14.1. The Hall–Kier alpha value is -2.66. The maximum atomic E-state index is 14.0. The fourth-order valence-corrected chi connectivity index (χ4v) is 7.66. The van der Waals surface area contributed by atoms with Crippen LogP contribution >= 0.6 is 0 Å². The van der Waals surface area contributed by atoms with Crippen LogP contribution < -0.4 is 15.7 Å². The molecular formula is C31H46N4O5S. The highest BCUT2D eigenvalue weighted by Gasteiger charge is 2.34. The summed E-state index contributed by atoms with van der Waals surface area (Å²) in [5.41, 5.74) is 3.95. The molecule has 226 valence electrons. The van der Waals surface area contributed by atoms with Crippen molar-refractivity contribution >= 4 is 21.1 Å². The van der Waals surface area contributed by atoms with Gasteiger partial charge in [0.25, 0.3) is 0 Å². The molecule has 1 atom stereocenters. The van der Waals surface area contributed by atoms with Crippen LogP contribution in [0.2, 0.25) is 0 Å². The Bertz CT molecular complexity index is 1450. The maximum absolute atomic E-state index is 14.0. The third-order valence-corrected chi connectivity index (χ3v) is 10.0. The van der Waals surface area contributed by atoms with Gasteiger partial charge < -0.3 is 25.1 Å². The standard InChI is InChI=1S/C31H46N4O5S/c1-19(2)23-14-25(20(3)4)30(26(15-23)21(5)6)41(38,39)35-12-10-22(11-13-35)16-32-17-24(36)18-40-28-9-7-8-27-29(28)34-31(37)33-27/h7-9,14-15,19-22,24,32,36H,10-13,16-18H2,1-6H3,(H2,33,34,37)/t24-/m1/s1. The Morgan fingerprint density at radius 2 is 1.63 bits per heavy atom. The number of hydrogen-bond acceptors (Lipinski definition) is 6. The van der Waals surface area contributed by atoms with Crippen molar-refractivity contribution in [3.63, 3.8) is 0 Å². The zero-order valence-corrected chi connectivity index (χ0v) is 26.0. The van der Waals surface area contributed by atoms with E-state index in [0.29, 0.717) is 59.7 Å². The predicted octanol–water partition coefficient (Wildman–Crippen LogP) is 4.66. The molecule has 0 amide bonds. The number of imidazole rings is 1. The van der Waals surface area contributed by atoms with Crippen LogP contribution in [0.1, 0.15) is 88.8 Å². The quantitative estimate of drug-likeness (QED) is 0.245. The number of ether oxygens (including phenoxy) is 1. The van der Waals surface area contributed by atoms with Crippen molar-refractivity contribution in [1.29, 1.82) is 0 Å². The molecule has 0 bridgehead atoms. The van der Waals surface area contributed by atoms with Gasteiger partial charge in [-0.3, -0.25) is 0 Å². The Balaban J connectivity index is 1.32. The minimum atomic E-state index is -3.63. The molecule has 3 aromatic rings. The van der Waals surface area contributed by atoms with E-state index >= 15 is 0 Å². The molecule has 1 aliphatic rings. The van der Waals surface area contributed by atoms with Gasteiger partial charge in [-0.2, -0.15) is 4.31 Å². The number of para-hydroxylation sites is 1. The van der Waals surface area contributed by atoms with Gasteiger partial charge in [0.1, 0.15) is 24.0 Å². The van der Waals surface area contributed by atoms with E-state index in [9.17, 15) is 18.3 Å². The summed E-state index contributed by atoms with van der Waals surface area (Å²) in [6.45, 7) is 14.7. The first-order valence-corrected chi connectivity index (χ1v) is 16.2. The molecule has 41 heavy (non-hydrogen) atoms. The molecule has 0 unspecified atom stereocenters. The molecule has 0 saturated carbocycles. The van der Waals surface area contributed by atoms with E-state index in [1.807, 2.05) is 0 Å². The van der Waals surface area contributed by atoms with Crippen molar-refractivity contribution in [2.45, 2.75) is 83.1 Å². The fourth-order valence-electron chi connectivity index (χ4n) is 5.52. The first-order chi connectivity index (χ1) is 19.4. The van der Waals surface area contributed by atoms with Crippen LogP contribution in [0.3, 0.4) is 0 Å². The van der Waals surface area contributed by atoms with E-state index in [2.05, 4.69) is 69.0 Å². The van der Waals surface area contributed by atoms with Gasteiger partial charge in [-0.05, 0) is 71.9 Å². The molecule has 0 spiro atoms. The van der Waals surface area contributed by atoms with Gasteiger partial charge >= 0.3 is 5.69 Å². The van der Waals surface area contributed by atoms with Crippen molar-refractivity contribution in [2.24, 2.45) is 5.92 Å². The lowest BCUT2D eigenvalue weighted by Gasteiger charge is -2.33. The van der Waals surface area contributed by atoms with Gasteiger partial charge in [0.15, 0.2) is 0 Å². The molecule has 9 nitrogen and oxygen atoms in total. The minimum Gasteiger partial charge on any atom is -0.489 e. The van der Waals surface area contributed by atoms with Crippen LogP contribution in [-0.2, 0) is 10.0 Å². The average Bonchev–Trinajstić information content (AvgIpc) is 3.32. The highest BCUT2D eigenvalue weighted by Crippen LogP contribution is 2.37. The maximum Gasteiger partial charge on any atom is 0.323 e. The van der Waals surface area contributed by atoms with Crippen molar-refractivity contribution in [2.75, 3.05) is 32.8 Å². The van der Waals surface area contributed by atoms with Gasteiger partial charge in [-0.1, -0.05) is 59.7 Å². The first kappa shape index (κ1) is 31.3. The molecule has 1 aromatic heterocycles. The topological polar surface area (TPSA) is 128 Å². The van der Waals surface area contributed by atoms with Crippen LogP contribution in [0.15, 0.2) is 40.0 Å². The van der Waals surface area contributed by atoms with E-state index in [4.69, 9.17) is 4.74 Å². The zero-order chi connectivity index (χ0) is 29.9. The lowest BCUT2D eigenvalue weighted by molar-refractivity contribution is 0.105. The summed E-state index contributed by atoms with van der Waals surface area (Å²) in [6, 6.07) is 9.51. The van der Waals surface area contributed by atoms with E-state index in [1.165, 1.54) is 5.56 Å². The summed E-state index contributed by atoms with van der Waals surface area (Å²) in [6.07, 6.45) is 0.800. The van der Waals surface area contributed by atoms with Gasteiger partial charge in [0.05, 0.1) is 10.4 Å². The molecule has 0 radical (unpaired) electrons. The normalized spacial score (nSPS) is 16.3. The molecule has 2 heterocycles. The number of sulfonamides is 1. The van der Waals surface area contributed by atoms with Crippen LogP contribution in [0.25, 0.3) is 11.0 Å². The molecule has 0 aliphatic carbocycles. The fraction of sp³-hybridized carbons (Fsp3) is 0.581. The summed E-state index contributed by atoms with van der Waals surface area (Å²) in [5.74, 6) is 1.37. The SMILES string of the molecule is CC(C)c1cc(C(C)C)c(S(=O)(=O)N2CCC(CNC[C@@H](O)COc3cccc4[nH]c(=O)[nH]c34)CC2)c(C(C)C)c1. The number of benzene rings is 2. The van der Waals surface area contributed by atoms with Gasteiger partial charge in [0, 0.05) is 19.6 Å².